The Bertz CT molecular complexity index is 1280. The molecular formula is C26H24N4O5. The van der Waals surface area contributed by atoms with Crippen LogP contribution >= 0.6 is 0 Å². The van der Waals surface area contributed by atoms with Crippen molar-refractivity contribution < 1.29 is 18.9 Å². The number of nitrogens with zero attached hydrogens (tertiary/aromatic N) is 4. The zero-order valence-corrected chi connectivity index (χ0v) is 18.9. The first-order valence-electron chi connectivity index (χ1n) is 11.3. The van der Waals surface area contributed by atoms with Crippen molar-refractivity contribution in [3.8, 4) is 22.8 Å². The lowest BCUT2D eigenvalue weighted by Crippen LogP contribution is -2.26. The molecule has 0 spiro atoms. The highest BCUT2D eigenvalue weighted by Gasteiger charge is 2.19. The van der Waals surface area contributed by atoms with Crippen molar-refractivity contribution >= 4 is 11.6 Å². The van der Waals surface area contributed by atoms with Crippen LogP contribution in [0.1, 0.15) is 12.0 Å². The molecule has 0 aliphatic carbocycles. The van der Waals surface area contributed by atoms with E-state index in [2.05, 4.69) is 15.0 Å². The SMILES string of the molecule is O=[N+]([O-])c1cccc(-c2cc(N(CCCN3C=CC=CC=C3)Cc3ccc4c(c3)OCO4)on2)c1. The van der Waals surface area contributed by atoms with Crippen molar-refractivity contribution in [2.75, 3.05) is 24.8 Å². The summed E-state index contributed by atoms with van der Waals surface area (Å²) < 4.78 is 16.7. The van der Waals surface area contributed by atoms with Gasteiger partial charge in [-0.3, -0.25) is 10.1 Å². The van der Waals surface area contributed by atoms with E-state index in [0.717, 1.165) is 30.0 Å². The standard InChI is InChI=1S/C26H24N4O5/c31-30(32)22-8-5-7-21(16-22)23-17-26(35-27-23)29(14-6-13-28-11-3-1-2-4-12-28)18-20-9-10-24-25(15-20)34-19-33-24/h1-5,7-12,15-17H,6,13-14,18-19H2. The van der Waals surface area contributed by atoms with Crippen LogP contribution in [0.2, 0.25) is 0 Å². The normalized spacial score (nSPS) is 13.8. The number of ether oxygens (including phenoxy) is 2. The van der Waals surface area contributed by atoms with Gasteiger partial charge < -0.3 is 23.8 Å². The second-order valence-corrected chi connectivity index (χ2v) is 8.13. The molecule has 0 N–H and O–H groups in total. The predicted octanol–water partition coefficient (Wildman–Crippen LogP) is 5.27. The first kappa shape index (κ1) is 22.3. The van der Waals surface area contributed by atoms with Crippen LogP contribution in [0.4, 0.5) is 11.6 Å². The minimum Gasteiger partial charge on any atom is -0.454 e. The average Bonchev–Trinajstić information content (AvgIpc) is 3.48. The van der Waals surface area contributed by atoms with E-state index in [1.165, 1.54) is 12.1 Å². The van der Waals surface area contributed by atoms with Crippen molar-refractivity contribution in [3.63, 3.8) is 0 Å². The van der Waals surface area contributed by atoms with E-state index in [4.69, 9.17) is 14.0 Å². The molecule has 0 saturated heterocycles. The van der Waals surface area contributed by atoms with Gasteiger partial charge in [0, 0.05) is 55.8 Å². The quantitative estimate of drug-likeness (QED) is 0.307. The second-order valence-electron chi connectivity index (χ2n) is 8.13. The molecule has 9 nitrogen and oxygen atoms in total. The molecule has 0 radical (unpaired) electrons. The Kier molecular flexibility index (Phi) is 6.47. The topological polar surface area (TPSA) is 94.1 Å². The van der Waals surface area contributed by atoms with Gasteiger partial charge in [0.15, 0.2) is 11.5 Å². The third-order valence-electron chi connectivity index (χ3n) is 5.71. The van der Waals surface area contributed by atoms with Gasteiger partial charge in [0.25, 0.3) is 5.69 Å². The summed E-state index contributed by atoms with van der Waals surface area (Å²) in [5.41, 5.74) is 2.23. The third kappa shape index (κ3) is 5.35. The molecule has 3 heterocycles. The Morgan fingerprint density at radius 2 is 1.83 bits per heavy atom. The molecule has 1 aromatic heterocycles. The Morgan fingerprint density at radius 1 is 1.00 bits per heavy atom. The molecule has 5 rings (SSSR count). The molecule has 0 saturated carbocycles. The van der Waals surface area contributed by atoms with Gasteiger partial charge >= 0.3 is 0 Å². The lowest BCUT2D eigenvalue weighted by atomic mass is 10.1. The molecule has 35 heavy (non-hydrogen) atoms. The van der Waals surface area contributed by atoms with Gasteiger partial charge in [-0.1, -0.05) is 35.5 Å². The molecular weight excluding hydrogens is 448 g/mol. The number of hydrogen-bond acceptors (Lipinski definition) is 8. The van der Waals surface area contributed by atoms with E-state index in [-0.39, 0.29) is 12.5 Å². The number of non-ortho nitro benzene ring substituents is 1. The fourth-order valence-corrected chi connectivity index (χ4v) is 3.95. The highest BCUT2D eigenvalue weighted by atomic mass is 16.7. The smallest absolute Gasteiger partial charge is 0.270 e. The lowest BCUT2D eigenvalue weighted by molar-refractivity contribution is -0.384. The summed E-state index contributed by atoms with van der Waals surface area (Å²) in [6.45, 7) is 2.35. The fourth-order valence-electron chi connectivity index (χ4n) is 3.95. The molecule has 3 aromatic rings. The van der Waals surface area contributed by atoms with Gasteiger partial charge in [0.1, 0.15) is 5.69 Å². The van der Waals surface area contributed by atoms with E-state index >= 15 is 0 Å². The fraction of sp³-hybridized carbons (Fsp3) is 0.192. The summed E-state index contributed by atoms with van der Waals surface area (Å²) in [4.78, 5) is 15.0. The van der Waals surface area contributed by atoms with Crippen LogP contribution < -0.4 is 14.4 Å². The van der Waals surface area contributed by atoms with E-state index in [1.807, 2.05) is 61.0 Å². The predicted molar refractivity (Wildman–Crippen MR) is 131 cm³/mol. The van der Waals surface area contributed by atoms with Crippen molar-refractivity contribution in [1.29, 1.82) is 0 Å². The molecule has 0 amide bonds. The first-order chi connectivity index (χ1) is 17.2. The zero-order chi connectivity index (χ0) is 24.0. The number of fused-ring (bicyclic) bond motifs is 1. The number of hydrogen-bond donors (Lipinski definition) is 0. The Hall–Kier alpha value is -4.53. The number of nitro benzene ring substituents is 1. The summed E-state index contributed by atoms with van der Waals surface area (Å²) in [6.07, 6.45) is 12.9. The van der Waals surface area contributed by atoms with Gasteiger partial charge in [0.05, 0.1) is 4.92 Å². The van der Waals surface area contributed by atoms with Crippen LogP contribution in [-0.2, 0) is 6.54 Å². The van der Waals surface area contributed by atoms with Crippen LogP contribution in [0.3, 0.4) is 0 Å². The third-order valence-corrected chi connectivity index (χ3v) is 5.71. The molecule has 178 valence electrons. The number of allylic oxidation sites excluding steroid dienone is 4. The molecule has 0 atom stereocenters. The van der Waals surface area contributed by atoms with E-state index in [1.54, 1.807) is 12.1 Å². The molecule has 2 aromatic carbocycles. The number of rotatable bonds is 9. The minimum atomic E-state index is -0.419. The molecule has 2 aliphatic rings. The van der Waals surface area contributed by atoms with Gasteiger partial charge in [-0.05, 0) is 36.3 Å². The minimum absolute atomic E-state index is 0.0114. The number of aromatic nitrogens is 1. The van der Waals surface area contributed by atoms with Crippen LogP contribution in [0.15, 0.2) is 89.8 Å². The molecule has 0 fully saturated rings. The van der Waals surface area contributed by atoms with Gasteiger partial charge in [-0.25, -0.2) is 0 Å². The van der Waals surface area contributed by atoms with Crippen LogP contribution in [0, 0.1) is 10.1 Å². The largest absolute Gasteiger partial charge is 0.454 e. The van der Waals surface area contributed by atoms with Crippen molar-refractivity contribution in [2.45, 2.75) is 13.0 Å². The maximum absolute atomic E-state index is 11.2. The molecule has 9 heteroatoms. The number of nitro groups is 1. The van der Waals surface area contributed by atoms with Crippen LogP contribution in [0.5, 0.6) is 11.5 Å². The lowest BCUT2D eigenvalue weighted by Gasteiger charge is -2.23. The van der Waals surface area contributed by atoms with E-state index < -0.39 is 4.92 Å². The first-order valence-corrected chi connectivity index (χ1v) is 11.3. The Balaban J connectivity index is 1.35. The monoisotopic (exact) mass is 472 g/mol. The second kappa shape index (κ2) is 10.2. The van der Waals surface area contributed by atoms with Gasteiger partial charge in [-0.2, -0.15) is 0 Å². The maximum atomic E-state index is 11.2. The van der Waals surface area contributed by atoms with E-state index in [9.17, 15) is 10.1 Å². The Morgan fingerprint density at radius 3 is 2.66 bits per heavy atom. The summed E-state index contributed by atoms with van der Waals surface area (Å²) in [6, 6.07) is 14.1. The average molecular weight is 473 g/mol. The van der Waals surface area contributed by atoms with Gasteiger partial charge in [0.2, 0.25) is 12.7 Å². The summed E-state index contributed by atoms with van der Waals surface area (Å²) in [5, 5.41) is 15.4. The zero-order valence-electron chi connectivity index (χ0n) is 18.9. The van der Waals surface area contributed by atoms with E-state index in [0.29, 0.717) is 30.2 Å². The van der Waals surface area contributed by atoms with Crippen molar-refractivity contribution in [3.05, 3.63) is 101 Å². The molecule has 2 aliphatic heterocycles. The number of anilines is 1. The van der Waals surface area contributed by atoms with Crippen LogP contribution in [-0.4, -0.2) is 34.9 Å². The summed E-state index contributed by atoms with van der Waals surface area (Å²) >= 11 is 0. The van der Waals surface area contributed by atoms with Gasteiger partial charge in [-0.15, -0.1) is 0 Å². The summed E-state index contributed by atoms with van der Waals surface area (Å²) in [5.74, 6) is 2.05. The highest BCUT2D eigenvalue weighted by molar-refractivity contribution is 5.65. The van der Waals surface area contributed by atoms with Crippen molar-refractivity contribution in [1.82, 2.24) is 10.1 Å². The summed E-state index contributed by atoms with van der Waals surface area (Å²) in [7, 11) is 0. The molecule has 0 bridgehead atoms. The number of benzene rings is 2. The highest BCUT2D eigenvalue weighted by Crippen LogP contribution is 2.34. The van der Waals surface area contributed by atoms with Crippen molar-refractivity contribution in [2.24, 2.45) is 0 Å². The van der Waals surface area contributed by atoms with Crippen LogP contribution in [0.25, 0.3) is 11.3 Å². The maximum Gasteiger partial charge on any atom is 0.270 e. The Labute approximate surface area is 202 Å². The molecule has 0 unspecified atom stereocenters.